The second kappa shape index (κ2) is 26.6. The van der Waals surface area contributed by atoms with Crippen LogP contribution in [0.4, 0.5) is 11.4 Å². The summed E-state index contributed by atoms with van der Waals surface area (Å²) in [5, 5.41) is 23.7. The summed E-state index contributed by atoms with van der Waals surface area (Å²) in [4.78, 5) is 59.7. The van der Waals surface area contributed by atoms with E-state index in [9.17, 15) is 19.2 Å². The van der Waals surface area contributed by atoms with E-state index in [0.717, 1.165) is 42.5 Å². The van der Waals surface area contributed by atoms with Gasteiger partial charge in [-0.05, 0) is 168 Å². The largest absolute Gasteiger partial charge is 0.497 e. The van der Waals surface area contributed by atoms with Gasteiger partial charge in [0.05, 0.1) is 46.2 Å². The lowest BCUT2D eigenvalue weighted by Gasteiger charge is -2.15. The molecule has 82 heavy (non-hydrogen) atoms. The average Bonchev–Trinajstić information content (AvgIpc) is 3.25. The number of halogens is 1. The van der Waals surface area contributed by atoms with Crippen LogP contribution in [-0.4, -0.2) is 81.6 Å². The number of ether oxygens (including phenoxy) is 6. The Morgan fingerprint density at radius 1 is 0.500 bits per heavy atom. The molecular weight excluding hydrogens is 1160 g/mol. The van der Waals surface area contributed by atoms with E-state index in [1.165, 1.54) is 12.4 Å². The first-order valence-corrected chi connectivity index (χ1v) is 26.1. The van der Waals surface area contributed by atoms with Crippen LogP contribution in [-0.2, 0) is 0 Å². The van der Waals surface area contributed by atoms with Crippen LogP contribution in [0.25, 0.3) is 55.3 Å². The number of nitrogens with one attached hydrogen (secondary N) is 2. The number of methoxy groups -OCH3 is 6. The smallest absolute Gasteiger partial charge is 0.488 e. The van der Waals surface area contributed by atoms with Crippen molar-refractivity contribution in [3.8, 4) is 67.9 Å². The number of nitrogens with zero attached hydrogens (tertiary/aromatic N) is 2. The van der Waals surface area contributed by atoms with Crippen molar-refractivity contribution in [2.45, 2.75) is 13.8 Å². The Bertz CT molecular complexity index is 4080. The minimum absolute atomic E-state index is 0.0179. The van der Waals surface area contributed by atoms with E-state index in [0.29, 0.717) is 78.6 Å². The molecule has 4 N–H and O–H groups in total. The molecule has 0 saturated heterocycles. The van der Waals surface area contributed by atoms with Gasteiger partial charge in [0, 0.05) is 74.5 Å². The zero-order valence-electron chi connectivity index (χ0n) is 45.7. The highest BCUT2D eigenvalue weighted by Crippen LogP contribution is 2.39. The summed E-state index contributed by atoms with van der Waals surface area (Å²) in [7, 11) is 8.09. The number of pyridine rings is 2. The standard InChI is InChI=1S/C31H26N2O6.C26H22INO6.C5H6BNO2/c1-18-28(19-10-12-32-13-11-19)27(38-4)17-22-16-25(31(35)39-29(18)22)33-30(34)21-8-9-26(37-3)24(15-21)20-6-5-7-23(14-20)36-2;1-14-23(27)22(33-4)13-17-12-20(26(30)34-24(14)17)28-25(29)16-8-9-21(32-3)19(11-16)15-6-5-7-18(10-15)31-2;8-6(9)5-1-3-7-4-2-5/h5-17H,1-4H3,(H,33,34);5-13H,1-4H3,(H,28,29);1-4,8-9H. The third kappa shape index (κ3) is 13.2. The summed E-state index contributed by atoms with van der Waals surface area (Å²) in [5.74, 6) is 2.91. The molecule has 0 saturated carbocycles. The first kappa shape index (κ1) is 58.6. The van der Waals surface area contributed by atoms with E-state index < -0.39 is 30.2 Å². The Morgan fingerprint density at radius 3 is 1.37 bits per heavy atom. The predicted octanol–water partition coefficient (Wildman–Crippen LogP) is 10.5. The summed E-state index contributed by atoms with van der Waals surface area (Å²) in [5.41, 5.74) is 7.08. The number of carbonyl (C=O) groups is 2. The van der Waals surface area contributed by atoms with Crippen molar-refractivity contribution in [1.82, 2.24) is 9.97 Å². The van der Waals surface area contributed by atoms with Crippen LogP contribution in [0.1, 0.15) is 31.8 Å². The van der Waals surface area contributed by atoms with Gasteiger partial charge in [0.2, 0.25) is 0 Å². The number of hydrogen-bond acceptors (Lipinski definition) is 16. The monoisotopic (exact) mass is 1220 g/mol. The maximum atomic E-state index is 13.3. The second-order valence-electron chi connectivity index (χ2n) is 17.9. The van der Waals surface area contributed by atoms with E-state index in [4.69, 9.17) is 47.3 Å². The van der Waals surface area contributed by atoms with Gasteiger partial charge in [-0.1, -0.05) is 24.3 Å². The number of carbonyl (C=O) groups excluding carboxylic acids is 2. The Kier molecular flexibility index (Phi) is 19.0. The van der Waals surface area contributed by atoms with Crippen molar-refractivity contribution in [3.63, 3.8) is 0 Å². The fraction of sp³-hybridized carbons (Fsp3) is 0.129. The van der Waals surface area contributed by atoms with Crippen molar-refractivity contribution < 1.29 is 56.9 Å². The van der Waals surface area contributed by atoms with Crippen LogP contribution >= 0.6 is 22.6 Å². The van der Waals surface area contributed by atoms with Crippen molar-refractivity contribution in [1.29, 1.82) is 0 Å². The maximum Gasteiger partial charge on any atom is 0.488 e. The average molecular weight is 1220 g/mol. The highest BCUT2D eigenvalue weighted by Gasteiger charge is 2.21. The van der Waals surface area contributed by atoms with Crippen LogP contribution in [0.15, 0.2) is 177 Å². The van der Waals surface area contributed by atoms with Crippen LogP contribution in [0, 0.1) is 17.4 Å². The molecule has 0 radical (unpaired) electrons. The summed E-state index contributed by atoms with van der Waals surface area (Å²) in [6.07, 6.45) is 6.39. The van der Waals surface area contributed by atoms with Crippen LogP contribution in [0.2, 0.25) is 0 Å². The Morgan fingerprint density at radius 2 is 0.939 bits per heavy atom. The Labute approximate surface area is 484 Å². The topological polar surface area (TPSA) is 240 Å². The molecule has 0 bridgehead atoms. The maximum absolute atomic E-state index is 13.3. The van der Waals surface area contributed by atoms with Crippen molar-refractivity contribution in [2.24, 2.45) is 0 Å². The molecule has 10 rings (SSSR count). The molecular formula is C62H54BIN4O14. The van der Waals surface area contributed by atoms with Gasteiger partial charge in [-0.3, -0.25) is 19.6 Å². The third-order valence-electron chi connectivity index (χ3n) is 13.0. The zero-order chi connectivity index (χ0) is 58.6. The minimum atomic E-state index is -1.38. The normalized spacial score (nSPS) is 10.6. The van der Waals surface area contributed by atoms with Gasteiger partial charge in [0.15, 0.2) is 0 Å². The quantitative estimate of drug-likeness (QED) is 0.0450. The number of benzene rings is 6. The van der Waals surface area contributed by atoms with Gasteiger partial charge in [-0.15, -0.1) is 0 Å². The van der Waals surface area contributed by atoms with Gasteiger partial charge < -0.3 is 57.9 Å². The van der Waals surface area contributed by atoms with Crippen molar-refractivity contribution in [3.05, 3.63) is 205 Å². The molecule has 10 aromatic rings. The van der Waals surface area contributed by atoms with Crippen LogP contribution in [0.5, 0.6) is 34.5 Å². The van der Waals surface area contributed by atoms with Crippen LogP contribution < -0.4 is 55.8 Å². The van der Waals surface area contributed by atoms with E-state index in [1.807, 2.05) is 74.5 Å². The fourth-order valence-corrected chi connectivity index (χ4v) is 9.41. The number of fused-ring (bicyclic) bond motifs is 2. The third-order valence-corrected chi connectivity index (χ3v) is 14.3. The van der Waals surface area contributed by atoms with Crippen LogP contribution in [0.3, 0.4) is 0 Å². The minimum Gasteiger partial charge on any atom is -0.497 e. The molecule has 0 aliphatic heterocycles. The van der Waals surface area contributed by atoms with Gasteiger partial charge in [-0.2, -0.15) is 0 Å². The molecule has 18 nitrogen and oxygen atoms in total. The zero-order valence-corrected chi connectivity index (χ0v) is 47.8. The van der Waals surface area contributed by atoms with Gasteiger partial charge in [0.1, 0.15) is 57.0 Å². The number of anilines is 2. The molecule has 20 heteroatoms. The van der Waals surface area contributed by atoms with E-state index >= 15 is 0 Å². The highest BCUT2D eigenvalue weighted by molar-refractivity contribution is 14.1. The lowest BCUT2D eigenvalue weighted by Crippen LogP contribution is -2.29. The molecule has 0 spiro atoms. The highest BCUT2D eigenvalue weighted by atomic mass is 127. The molecule has 0 aliphatic rings. The Balaban J connectivity index is 0.000000187. The molecule has 0 aliphatic carbocycles. The molecule has 0 fully saturated rings. The van der Waals surface area contributed by atoms with E-state index in [2.05, 4.69) is 43.2 Å². The molecule has 2 amide bonds. The Hall–Kier alpha value is -9.51. The molecule has 0 unspecified atom stereocenters. The number of amides is 2. The molecule has 6 aromatic carbocycles. The molecule has 4 aromatic heterocycles. The first-order valence-electron chi connectivity index (χ1n) is 25.0. The van der Waals surface area contributed by atoms with Crippen molar-refractivity contribution >= 4 is 80.3 Å². The molecule has 416 valence electrons. The second-order valence-corrected chi connectivity index (χ2v) is 19.0. The number of aryl methyl sites for hydroxylation is 2. The van der Waals surface area contributed by atoms with Gasteiger partial charge in [-0.25, -0.2) is 9.59 Å². The SMILES string of the molecule is COc1cccc(-c2cc(C(=O)Nc3cc4cc(OC)c(-c5ccncc5)c(C)c4oc3=O)ccc2OC)c1.COc1cccc(-c2cc(C(=O)Nc3cc4cc(OC)c(I)c(C)c4oc3=O)ccc2OC)c1.OB(O)c1ccncc1. The number of hydrogen-bond donors (Lipinski definition) is 4. The molecule has 4 heterocycles. The summed E-state index contributed by atoms with van der Waals surface area (Å²) < 4.78 is 44.8. The van der Waals surface area contributed by atoms with E-state index in [1.54, 1.807) is 128 Å². The first-order chi connectivity index (χ1) is 39.6. The van der Waals surface area contributed by atoms with Gasteiger partial charge >= 0.3 is 18.4 Å². The lowest BCUT2D eigenvalue weighted by atomic mass is 9.81. The lowest BCUT2D eigenvalue weighted by molar-refractivity contribution is 0.101. The summed E-state index contributed by atoms with van der Waals surface area (Å²) in [6, 6.07) is 38.6. The number of rotatable bonds is 14. The fourth-order valence-electron chi connectivity index (χ4n) is 8.79. The molecule has 0 atom stereocenters. The summed E-state index contributed by atoms with van der Waals surface area (Å²) >= 11 is 2.14. The summed E-state index contributed by atoms with van der Waals surface area (Å²) in [6.45, 7) is 3.71. The van der Waals surface area contributed by atoms with Crippen molar-refractivity contribution in [2.75, 3.05) is 53.3 Å². The predicted molar refractivity (Wildman–Crippen MR) is 323 cm³/mol. The number of aromatic nitrogens is 2. The van der Waals surface area contributed by atoms with Gasteiger partial charge in [0.25, 0.3) is 11.8 Å². The van der Waals surface area contributed by atoms with E-state index in [-0.39, 0.29) is 11.4 Å².